The van der Waals surface area contributed by atoms with Crippen molar-refractivity contribution in [2.75, 3.05) is 11.1 Å². The van der Waals surface area contributed by atoms with Crippen molar-refractivity contribution in [2.45, 2.75) is 24.6 Å². The molecule has 0 saturated carbocycles. The molecule has 0 unspecified atom stereocenters. The fraction of sp³-hybridized carbons (Fsp3) is 0.143. The number of aromatic nitrogens is 1. The van der Waals surface area contributed by atoms with Crippen LogP contribution in [0.15, 0.2) is 96.2 Å². The van der Waals surface area contributed by atoms with Gasteiger partial charge in [0, 0.05) is 40.7 Å². The van der Waals surface area contributed by atoms with Crippen molar-refractivity contribution < 1.29 is 27.4 Å². The number of nitrogens with zero attached hydrogens (tertiary/aromatic N) is 1. The number of alkyl halides is 3. The van der Waals surface area contributed by atoms with Gasteiger partial charge in [-0.2, -0.15) is 0 Å². The van der Waals surface area contributed by atoms with Gasteiger partial charge in [0.05, 0.1) is 6.42 Å². The molecule has 0 bridgehead atoms. The Morgan fingerprint density at radius 1 is 0.946 bits per heavy atom. The minimum Gasteiger partial charge on any atom is -0.457 e. The minimum absolute atomic E-state index is 0.144. The molecule has 0 aliphatic heterocycles. The number of carbonyl (C=O) groups is 1. The van der Waals surface area contributed by atoms with Crippen molar-refractivity contribution in [3.63, 3.8) is 0 Å². The first kappa shape index (κ1) is 26.1. The number of nitrogens with one attached hydrogen (secondary N) is 1. The molecule has 9 heteroatoms. The Labute approximate surface area is 216 Å². The number of ether oxygens (including phenoxy) is 2. The first-order valence-electron chi connectivity index (χ1n) is 11.4. The molecule has 4 aromatic rings. The second-order valence-corrected chi connectivity index (χ2v) is 9.21. The van der Waals surface area contributed by atoms with E-state index >= 15 is 0 Å². The summed E-state index contributed by atoms with van der Waals surface area (Å²) in [7, 11) is 0. The number of benzene rings is 3. The van der Waals surface area contributed by atoms with E-state index in [1.165, 1.54) is 18.2 Å². The van der Waals surface area contributed by atoms with Crippen LogP contribution in [0.4, 0.5) is 18.9 Å². The van der Waals surface area contributed by atoms with Gasteiger partial charge in [-0.05, 0) is 65.4 Å². The molecule has 37 heavy (non-hydrogen) atoms. The Hall–Kier alpha value is -3.98. The summed E-state index contributed by atoms with van der Waals surface area (Å²) in [5, 5.41) is 2.87. The maximum atomic E-state index is 12.7. The molecule has 0 saturated heterocycles. The summed E-state index contributed by atoms with van der Waals surface area (Å²) in [4.78, 5) is 17.9. The molecule has 5 nitrogen and oxygen atoms in total. The van der Waals surface area contributed by atoms with Crippen LogP contribution in [0, 0.1) is 0 Å². The minimum atomic E-state index is -4.82. The SMILES string of the molecule is CCSc1ccc(CC(=O)Nc2ccc(-c3ccncc3)c(Oc3cccc(OC(F)(F)F)c3)c2)cc1. The summed E-state index contributed by atoms with van der Waals surface area (Å²) in [5.41, 5.74) is 2.82. The molecule has 1 amide bonds. The van der Waals surface area contributed by atoms with E-state index in [1.807, 2.05) is 24.3 Å². The monoisotopic (exact) mass is 524 g/mol. The van der Waals surface area contributed by atoms with E-state index in [-0.39, 0.29) is 18.1 Å². The largest absolute Gasteiger partial charge is 0.573 e. The average Bonchev–Trinajstić information content (AvgIpc) is 2.85. The quantitative estimate of drug-likeness (QED) is 0.227. The van der Waals surface area contributed by atoms with Gasteiger partial charge in [0.15, 0.2) is 0 Å². The van der Waals surface area contributed by atoms with E-state index in [9.17, 15) is 18.0 Å². The third-order valence-corrected chi connectivity index (χ3v) is 6.02. The lowest BCUT2D eigenvalue weighted by atomic mass is 10.1. The van der Waals surface area contributed by atoms with Crippen LogP contribution in [0.2, 0.25) is 0 Å². The van der Waals surface area contributed by atoms with Crippen LogP contribution >= 0.6 is 11.8 Å². The van der Waals surface area contributed by atoms with Gasteiger partial charge in [0.2, 0.25) is 5.91 Å². The smallest absolute Gasteiger partial charge is 0.457 e. The Balaban J connectivity index is 1.56. The molecule has 190 valence electrons. The molecule has 4 rings (SSSR count). The first-order chi connectivity index (χ1) is 17.8. The molecule has 0 aliphatic carbocycles. The summed E-state index contributed by atoms with van der Waals surface area (Å²) in [5.74, 6) is 0.848. The molecule has 0 fully saturated rings. The molecule has 1 aromatic heterocycles. The molecular formula is C28H23F3N2O3S. The summed E-state index contributed by atoms with van der Waals surface area (Å²) in [6.07, 6.45) is -1.38. The zero-order valence-corrected chi connectivity index (χ0v) is 20.6. The van der Waals surface area contributed by atoms with Crippen LogP contribution in [0.25, 0.3) is 11.1 Å². The Morgan fingerprint density at radius 2 is 1.68 bits per heavy atom. The van der Waals surface area contributed by atoms with E-state index in [2.05, 4.69) is 22.0 Å². The number of amides is 1. The van der Waals surface area contributed by atoms with Crippen molar-refractivity contribution in [3.8, 4) is 28.4 Å². The number of hydrogen-bond donors (Lipinski definition) is 1. The normalized spacial score (nSPS) is 11.1. The number of hydrogen-bond acceptors (Lipinski definition) is 5. The summed E-state index contributed by atoms with van der Waals surface area (Å²) < 4.78 is 48.0. The average molecular weight is 525 g/mol. The summed E-state index contributed by atoms with van der Waals surface area (Å²) in [6, 6.07) is 21.8. The molecule has 0 radical (unpaired) electrons. The second-order valence-electron chi connectivity index (χ2n) is 7.87. The number of anilines is 1. The van der Waals surface area contributed by atoms with Gasteiger partial charge in [0.25, 0.3) is 0 Å². The number of rotatable bonds is 9. The van der Waals surface area contributed by atoms with Crippen LogP contribution in [-0.2, 0) is 11.2 Å². The van der Waals surface area contributed by atoms with E-state index in [1.54, 1.807) is 54.5 Å². The zero-order valence-electron chi connectivity index (χ0n) is 19.8. The van der Waals surface area contributed by atoms with Crippen LogP contribution in [0.1, 0.15) is 12.5 Å². The van der Waals surface area contributed by atoms with Gasteiger partial charge in [-0.1, -0.05) is 25.1 Å². The molecule has 0 aliphatic rings. The van der Waals surface area contributed by atoms with Crippen molar-refractivity contribution in [1.29, 1.82) is 0 Å². The fourth-order valence-corrected chi connectivity index (χ4v) is 4.24. The van der Waals surface area contributed by atoms with Gasteiger partial charge in [-0.3, -0.25) is 9.78 Å². The predicted octanol–water partition coefficient (Wildman–Crippen LogP) is 7.73. The van der Waals surface area contributed by atoms with Crippen LogP contribution in [0.3, 0.4) is 0 Å². The maximum Gasteiger partial charge on any atom is 0.573 e. The Morgan fingerprint density at radius 3 is 2.38 bits per heavy atom. The molecular weight excluding hydrogens is 501 g/mol. The standard InChI is InChI=1S/C28H23F3N2O3S/c1-2-37-24-9-6-19(7-10-24)16-27(34)33-21-8-11-25(20-12-14-32-15-13-20)26(17-21)35-22-4-3-5-23(18-22)36-28(29,30)31/h3-15,17-18H,2,16H2,1H3,(H,33,34). The van der Waals surface area contributed by atoms with E-state index in [0.717, 1.165) is 27.8 Å². The first-order valence-corrected chi connectivity index (χ1v) is 12.4. The summed E-state index contributed by atoms with van der Waals surface area (Å²) in [6.45, 7) is 2.08. The van der Waals surface area contributed by atoms with Crippen molar-refractivity contribution >= 4 is 23.4 Å². The lowest BCUT2D eigenvalue weighted by Gasteiger charge is -2.15. The molecule has 3 aromatic carbocycles. The summed E-state index contributed by atoms with van der Waals surface area (Å²) >= 11 is 1.73. The highest BCUT2D eigenvalue weighted by molar-refractivity contribution is 7.99. The van der Waals surface area contributed by atoms with Crippen LogP contribution in [0.5, 0.6) is 17.2 Å². The topological polar surface area (TPSA) is 60.5 Å². The number of halogens is 3. The van der Waals surface area contributed by atoms with Crippen LogP contribution < -0.4 is 14.8 Å². The zero-order chi connectivity index (χ0) is 26.3. The number of carbonyl (C=O) groups excluding carboxylic acids is 1. The van der Waals surface area contributed by atoms with E-state index in [0.29, 0.717) is 17.0 Å². The van der Waals surface area contributed by atoms with Crippen molar-refractivity contribution in [2.24, 2.45) is 0 Å². The van der Waals surface area contributed by atoms with Crippen molar-refractivity contribution in [3.05, 3.63) is 96.8 Å². The van der Waals surface area contributed by atoms with Gasteiger partial charge < -0.3 is 14.8 Å². The molecule has 1 N–H and O–H groups in total. The third kappa shape index (κ3) is 7.75. The maximum absolute atomic E-state index is 12.7. The highest BCUT2D eigenvalue weighted by Gasteiger charge is 2.31. The molecule has 0 spiro atoms. The lowest BCUT2D eigenvalue weighted by molar-refractivity contribution is -0.274. The van der Waals surface area contributed by atoms with Crippen molar-refractivity contribution in [1.82, 2.24) is 4.98 Å². The predicted molar refractivity (Wildman–Crippen MR) is 138 cm³/mol. The molecule has 0 atom stereocenters. The van der Waals surface area contributed by atoms with Gasteiger partial charge in [0.1, 0.15) is 17.2 Å². The number of thioether (sulfide) groups is 1. The van der Waals surface area contributed by atoms with Gasteiger partial charge in [-0.15, -0.1) is 24.9 Å². The second kappa shape index (κ2) is 11.8. The third-order valence-electron chi connectivity index (χ3n) is 5.12. The number of pyridine rings is 1. The van der Waals surface area contributed by atoms with Gasteiger partial charge >= 0.3 is 6.36 Å². The Kier molecular flexibility index (Phi) is 8.35. The highest BCUT2D eigenvalue weighted by atomic mass is 32.2. The Bertz CT molecular complexity index is 1350. The molecule has 1 heterocycles. The van der Waals surface area contributed by atoms with E-state index < -0.39 is 12.1 Å². The highest BCUT2D eigenvalue weighted by Crippen LogP contribution is 2.37. The van der Waals surface area contributed by atoms with Gasteiger partial charge in [-0.25, -0.2) is 0 Å². The van der Waals surface area contributed by atoms with Crippen LogP contribution in [-0.4, -0.2) is 23.0 Å². The van der Waals surface area contributed by atoms with E-state index in [4.69, 9.17) is 4.74 Å². The lowest BCUT2D eigenvalue weighted by Crippen LogP contribution is -2.17. The fourth-order valence-electron chi connectivity index (χ4n) is 3.58.